The summed E-state index contributed by atoms with van der Waals surface area (Å²) in [6, 6.07) is 5.82. The summed E-state index contributed by atoms with van der Waals surface area (Å²) < 4.78 is 13.5. The molecule has 1 unspecified atom stereocenters. The lowest BCUT2D eigenvalue weighted by Gasteiger charge is -2.28. The second kappa shape index (κ2) is 13.2. The third-order valence-corrected chi connectivity index (χ3v) is 6.19. The number of piperidine rings is 1. The molecule has 1 aliphatic heterocycles. The van der Waals surface area contributed by atoms with Gasteiger partial charge in [-0.2, -0.15) is 0 Å². The van der Waals surface area contributed by atoms with Crippen LogP contribution in [-0.4, -0.2) is 37.1 Å². The van der Waals surface area contributed by atoms with E-state index in [1.807, 2.05) is 12.4 Å². The molecular formula is C22H33Cl2FN4OS. The van der Waals surface area contributed by atoms with Gasteiger partial charge in [0.05, 0.1) is 18.3 Å². The highest BCUT2D eigenvalue weighted by molar-refractivity contribution is 7.13. The summed E-state index contributed by atoms with van der Waals surface area (Å²) in [5, 5.41) is 6.20. The number of anilines is 2. The van der Waals surface area contributed by atoms with Crippen molar-refractivity contribution in [3.05, 3.63) is 41.2 Å². The smallest absolute Gasteiger partial charge is 0.244 e. The van der Waals surface area contributed by atoms with Crippen LogP contribution < -0.4 is 15.1 Å². The number of carbonyl (C=O) groups is 1. The number of aromatic nitrogens is 1. The zero-order valence-corrected chi connectivity index (χ0v) is 20.8. The number of rotatable bonds is 8. The van der Waals surface area contributed by atoms with Crippen LogP contribution in [0.3, 0.4) is 0 Å². The fourth-order valence-corrected chi connectivity index (χ4v) is 4.55. The molecule has 1 amide bonds. The lowest BCUT2D eigenvalue weighted by atomic mass is 10.0. The number of hydrogen-bond donors (Lipinski definition) is 1. The molecule has 0 radical (unpaired) electrons. The summed E-state index contributed by atoms with van der Waals surface area (Å²) in [6.07, 6.45) is 4.42. The molecule has 1 atom stereocenters. The summed E-state index contributed by atoms with van der Waals surface area (Å²) in [4.78, 5) is 22.2. The van der Waals surface area contributed by atoms with Gasteiger partial charge >= 0.3 is 0 Å². The van der Waals surface area contributed by atoms with Crippen LogP contribution in [-0.2, 0) is 11.3 Å². The monoisotopic (exact) mass is 490 g/mol. The van der Waals surface area contributed by atoms with E-state index in [1.54, 1.807) is 28.4 Å². The summed E-state index contributed by atoms with van der Waals surface area (Å²) in [5.74, 6) is 0.0614. The van der Waals surface area contributed by atoms with Crippen molar-refractivity contribution in [2.45, 2.75) is 52.1 Å². The number of carbonyl (C=O) groups excluding carboxylic acids is 1. The van der Waals surface area contributed by atoms with Gasteiger partial charge in [0.1, 0.15) is 5.82 Å². The van der Waals surface area contributed by atoms with Gasteiger partial charge in [-0.15, -0.1) is 36.2 Å². The van der Waals surface area contributed by atoms with Crippen LogP contribution in [0.1, 0.15) is 45.2 Å². The molecule has 5 nitrogen and oxygen atoms in total. The van der Waals surface area contributed by atoms with Gasteiger partial charge in [-0.25, -0.2) is 9.37 Å². The normalized spacial score (nSPS) is 14.5. The number of halogens is 3. The molecule has 0 bridgehead atoms. The maximum atomic E-state index is 13.5. The Morgan fingerprint density at radius 1 is 1.19 bits per heavy atom. The van der Waals surface area contributed by atoms with Crippen LogP contribution in [0.2, 0.25) is 0 Å². The van der Waals surface area contributed by atoms with Crippen LogP contribution in [0.5, 0.6) is 0 Å². The number of benzene rings is 1. The van der Waals surface area contributed by atoms with Crippen molar-refractivity contribution < 1.29 is 9.18 Å². The Morgan fingerprint density at radius 2 is 1.84 bits per heavy atom. The summed E-state index contributed by atoms with van der Waals surface area (Å²) >= 11 is 1.63. The first-order valence-corrected chi connectivity index (χ1v) is 11.3. The van der Waals surface area contributed by atoms with Crippen LogP contribution in [0.4, 0.5) is 15.2 Å². The average Bonchev–Trinajstić information content (AvgIpc) is 3.20. The molecule has 1 N–H and O–H groups in total. The first kappa shape index (κ1) is 27.6. The molecule has 1 aromatic heterocycles. The largest absolute Gasteiger partial charge is 0.348 e. The lowest BCUT2D eigenvalue weighted by molar-refractivity contribution is -0.121. The van der Waals surface area contributed by atoms with Crippen molar-refractivity contribution in [1.82, 2.24) is 10.3 Å². The fourth-order valence-electron chi connectivity index (χ4n) is 3.68. The van der Waals surface area contributed by atoms with E-state index in [0.29, 0.717) is 18.2 Å². The molecule has 0 aliphatic carbocycles. The molecular weight excluding hydrogens is 458 g/mol. The Morgan fingerprint density at radius 3 is 2.42 bits per heavy atom. The lowest BCUT2D eigenvalue weighted by Crippen LogP contribution is -2.46. The highest BCUT2D eigenvalue weighted by atomic mass is 35.5. The Balaban J connectivity index is 0.00000240. The van der Waals surface area contributed by atoms with E-state index in [4.69, 9.17) is 4.98 Å². The number of nitrogens with zero attached hydrogens (tertiary/aromatic N) is 3. The summed E-state index contributed by atoms with van der Waals surface area (Å²) in [7, 11) is 1.81. The van der Waals surface area contributed by atoms with Crippen molar-refractivity contribution in [2.24, 2.45) is 5.92 Å². The number of thiazole rings is 1. The molecule has 2 aromatic rings. The number of amides is 1. The highest BCUT2D eigenvalue weighted by Crippen LogP contribution is 2.26. The van der Waals surface area contributed by atoms with Crippen molar-refractivity contribution >= 4 is 52.9 Å². The first-order valence-electron chi connectivity index (χ1n) is 10.4. The number of nitrogens with one attached hydrogen (secondary N) is 1. The molecule has 3 rings (SSSR count). The predicted octanol–water partition coefficient (Wildman–Crippen LogP) is 5.28. The van der Waals surface area contributed by atoms with Crippen LogP contribution in [0.15, 0.2) is 29.6 Å². The van der Waals surface area contributed by atoms with E-state index in [9.17, 15) is 9.18 Å². The van der Waals surface area contributed by atoms with E-state index < -0.39 is 0 Å². The molecule has 2 heterocycles. The van der Waals surface area contributed by atoms with Gasteiger partial charge in [0.2, 0.25) is 5.91 Å². The third kappa shape index (κ3) is 7.59. The second-order valence-corrected chi connectivity index (χ2v) is 8.88. The topological polar surface area (TPSA) is 48.5 Å². The molecule has 31 heavy (non-hydrogen) atoms. The summed E-state index contributed by atoms with van der Waals surface area (Å²) in [5.41, 5.74) is 1.56. The van der Waals surface area contributed by atoms with Crippen molar-refractivity contribution in [3.8, 4) is 0 Å². The molecule has 1 aromatic carbocycles. The van der Waals surface area contributed by atoms with Crippen LogP contribution in [0.25, 0.3) is 0 Å². The second-order valence-electron chi connectivity index (χ2n) is 8.04. The van der Waals surface area contributed by atoms with Crippen molar-refractivity contribution in [2.75, 3.05) is 29.9 Å². The molecule has 0 saturated carbocycles. The minimum atomic E-state index is -0.311. The standard InChI is InChI=1S/C22H31FN4OS.2ClH/c1-16(2)13-20(24-3)21(28)27(19-9-7-17(23)8-10-19)14-18-15-29-22(25-18)26-11-5-4-6-12-26;;/h7-10,15-16,20,24H,4-6,11-14H2,1-3H3;2*1H. The van der Waals surface area contributed by atoms with Crippen molar-refractivity contribution in [3.63, 3.8) is 0 Å². The van der Waals surface area contributed by atoms with Gasteiger partial charge in [0, 0.05) is 24.2 Å². The molecule has 1 saturated heterocycles. The maximum absolute atomic E-state index is 13.5. The van der Waals surface area contributed by atoms with E-state index in [2.05, 4.69) is 24.1 Å². The predicted molar refractivity (Wildman–Crippen MR) is 133 cm³/mol. The maximum Gasteiger partial charge on any atom is 0.244 e. The van der Waals surface area contributed by atoms with Crippen LogP contribution >= 0.6 is 36.2 Å². The van der Waals surface area contributed by atoms with E-state index in [1.165, 1.54) is 31.4 Å². The minimum Gasteiger partial charge on any atom is -0.348 e. The number of hydrogen-bond acceptors (Lipinski definition) is 5. The molecule has 1 fully saturated rings. The zero-order valence-electron chi connectivity index (χ0n) is 18.3. The van der Waals surface area contributed by atoms with Crippen LogP contribution in [0, 0.1) is 11.7 Å². The van der Waals surface area contributed by atoms with Gasteiger partial charge < -0.3 is 15.1 Å². The Kier molecular flexibility index (Phi) is 11.8. The summed E-state index contributed by atoms with van der Waals surface area (Å²) in [6.45, 7) is 6.68. The average molecular weight is 492 g/mol. The molecule has 9 heteroatoms. The molecule has 174 valence electrons. The Bertz CT molecular complexity index is 797. The SMILES string of the molecule is CNC(CC(C)C)C(=O)N(Cc1csc(N2CCCCC2)n1)c1ccc(F)cc1.Cl.Cl. The highest BCUT2D eigenvalue weighted by Gasteiger charge is 2.26. The van der Waals surface area contributed by atoms with E-state index in [-0.39, 0.29) is 42.6 Å². The van der Waals surface area contributed by atoms with Gasteiger partial charge in [-0.3, -0.25) is 4.79 Å². The first-order chi connectivity index (χ1) is 14.0. The van der Waals surface area contributed by atoms with Gasteiger partial charge in [0.25, 0.3) is 0 Å². The zero-order chi connectivity index (χ0) is 20.8. The molecule has 1 aliphatic rings. The van der Waals surface area contributed by atoms with Gasteiger partial charge in [0.15, 0.2) is 5.13 Å². The Hall–Kier alpha value is -1.41. The minimum absolute atomic E-state index is 0. The van der Waals surface area contributed by atoms with Crippen molar-refractivity contribution in [1.29, 1.82) is 0 Å². The Labute approximate surface area is 201 Å². The quantitative estimate of drug-likeness (QED) is 0.546. The fraction of sp³-hybridized carbons (Fsp3) is 0.545. The number of likely N-dealkylation sites (N-methyl/N-ethyl adjacent to an activating group) is 1. The van der Waals surface area contributed by atoms with Gasteiger partial charge in [-0.1, -0.05) is 13.8 Å². The molecule has 0 spiro atoms. The van der Waals surface area contributed by atoms with E-state index in [0.717, 1.165) is 30.3 Å². The van der Waals surface area contributed by atoms with Gasteiger partial charge in [-0.05, 0) is 62.9 Å². The third-order valence-electron chi connectivity index (χ3n) is 5.24. The van der Waals surface area contributed by atoms with E-state index >= 15 is 0 Å².